The molecule has 0 unspecified atom stereocenters. The van der Waals surface area contributed by atoms with Gasteiger partial charge in [-0.2, -0.15) is 0 Å². The van der Waals surface area contributed by atoms with Gasteiger partial charge in [-0.05, 0) is 31.2 Å². The van der Waals surface area contributed by atoms with Gasteiger partial charge in [0.25, 0.3) is 0 Å². The van der Waals surface area contributed by atoms with Crippen LogP contribution in [0.25, 0.3) is 0 Å². The van der Waals surface area contributed by atoms with Crippen LogP contribution in [-0.4, -0.2) is 13.1 Å². The van der Waals surface area contributed by atoms with Gasteiger partial charge in [-0.1, -0.05) is 31.5 Å². The molecule has 0 saturated heterocycles. The van der Waals surface area contributed by atoms with Gasteiger partial charge in [0, 0.05) is 35.1 Å². The number of nitrogens with zero attached hydrogens (tertiary/aromatic N) is 1. The van der Waals surface area contributed by atoms with E-state index in [1.807, 2.05) is 11.3 Å². The lowest BCUT2D eigenvalue weighted by Gasteiger charge is -2.18. The van der Waals surface area contributed by atoms with Gasteiger partial charge in [-0.3, -0.25) is 0 Å². The van der Waals surface area contributed by atoms with E-state index >= 15 is 0 Å². The second-order valence-electron chi connectivity index (χ2n) is 5.60. The number of thiophene rings is 1. The Morgan fingerprint density at radius 1 is 1.05 bits per heavy atom. The van der Waals surface area contributed by atoms with Crippen LogP contribution in [0.3, 0.4) is 0 Å². The maximum Gasteiger partial charge on any atom is 0.0519 e. The van der Waals surface area contributed by atoms with Crippen molar-refractivity contribution >= 4 is 17.0 Å². The zero-order chi connectivity index (χ0) is 14.5. The number of aryl methyl sites for hydroxylation is 1. The summed E-state index contributed by atoms with van der Waals surface area (Å²) in [5, 5.41) is 3.46. The van der Waals surface area contributed by atoms with Gasteiger partial charge in [0.15, 0.2) is 0 Å². The molecule has 2 nitrogen and oxygen atoms in total. The van der Waals surface area contributed by atoms with E-state index in [0.29, 0.717) is 6.04 Å². The summed E-state index contributed by atoms with van der Waals surface area (Å²) in [5.74, 6) is 0. The van der Waals surface area contributed by atoms with Crippen molar-refractivity contribution in [1.82, 2.24) is 5.32 Å². The van der Waals surface area contributed by atoms with E-state index in [2.05, 4.69) is 74.4 Å². The minimum absolute atomic E-state index is 0.538. The smallest absolute Gasteiger partial charge is 0.0519 e. The van der Waals surface area contributed by atoms with Gasteiger partial charge < -0.3 is 10.2 Å². The highest BCUT2D eigenvalue weighted by Gasteiger charge is 2.05. The number of anilines is 1. The molecule has 0 amide bonds. The Labute approximate surface area is 126 Å². The van der Waals surface area contributed by atoms with Crippen LogP contribution < -0.4 is 10.2 Å². The Kier molecular flexibility index (Phi) is 5.21. The topological polar surface area (TPSA) is 15.3 Å². The van der Waals surface area contributed by atoms with E-state index in [-0.39, 0.29) is 0 Å². The second kappa shape index (κ2) is 6.91. The van der Waals surface area contributed by atoms with E-state index in [1.54, 1.807) is 0 Å². The molecule has 1 aromatic carbocycles. The van der Waals surface area contributed by atoms with Crippen LogP contribution in [0.2, 0.25) is 0 Å². The van der Waals surface area contributed by atoms with Crippen LogP contribution in [0.15, 0.2) is 36.4 Å². The maximum absolute atomic E-state index is 3.46. The molecule has 20 heavy (non-hydrogen) atoms. The molecule has 1 aromatic heterocycles. The lowest BCUT2D eigenvalue weighted by Crippen LogP contribution is -2.21. The van der Waals surface area contributed by atoms with Gasteiger partial charge in [-0.15, -0.1) is 11.3 Å². The van der Waals surface area contributed by atoms with Crippen molar-refractivity contribution in [2.75, 3.05) is 11.9 Å². The Balaban J connectivity index is 1.94. The van der Waals surface area contributed by atoms with Crippen molar-refractivity contribution < 1.29 is 0 Å². The van der Waals surface area contributed by atoms with Gasteiger partial charge >= 0.3 is 0 Å². The third-order valence-electron chi connectivity index (χ3n) is 3.27. The van der Waals surface area contributed by atoms with Crippen LogP contribution in [0, 0.1) is 6.92 Å². The fourth-order valence-electron chi connectivity index (χ4n) is 2.03. The van der Waals surface area contributed by atoms with Crippen LogP contribution >= 0.6 is 11.3 Å². The number of hydrogen-bond acceptors (Lipinski definition) is 3. The first-order valence-electron chi connectivity index (χ1n) is 7.13. The Bertz CT molecular complexity index is 528. The third-order valence-corrected chi connectivity index (χ3v) is 4.34. The van der Waals surface area contributed by atoms with Gasteiger partial charge in [0.1, 0.15) is 0 Å². The van der Waals surface area contributed by atoms with E-state index < -0.39 is 0 Å². The van der Waals surface area contributed by atoms with Crippen LogP contribution in [0.4, 0.5) is 5.69 Å². The third kappa shape index (κ3) is 4.36. The predicted octanol–water partition coefficient (Wildman–Crippen LogP) is 4.19. The maximum atomic E-state index is 3.46. The lowest BCUT2D eigenvalue weighted by atomic mass is 10.2. The highest BCUT2D eigenvalue weighted by Crippen LogP contribution is 2.21. The van der Waals surface area contributed by atoms with Crippen molar-refractivity contribution in [3.8, 4) is 0 Å². The average molecular weight is 288 g/mol. The number of rotatable bonds is 6. The Hall–Kier alpha value is -1.32. The summed E-state index contributed by atoms with van der Waals surface area (Å²) in [7, 11) is 2.15. The Morgan fingerprint density at radius 2 is 1.70 bits per heavy atom. The molecule has 0 spiro atoms. The molecular weight excluding hydrogens is 264 g/mol. The summed E-state index contributed by atoms with van der Waals surface area (Å²) >= 11 is 1.90. The summed E-state index contributed by atoms with van der Waals surface area (Å²) in [5.41, 5.74) is 2.58. The molecule has 0 radical (unpaired) electrons. The predicted molar refractivity (Wildman–Crippen MR) is 89.6 cm³/mol. The van der Waals surface area contributed by atoms with Gasteiger partial charge in [0.05, 0.1) is 6.54 Å². The summed E-state index contributed by atoms with van der Waals surface area (Å²) in [4.78, 5) is 5.12. The van der Waals surface area contributed by atoms with Crippen molar-refractivity contribution in [3.05, 3.63) is 51.7 Å². The quantitative estimate of drug-likeness (QED) is 0.857. The SMILES string of the molecule is Cc1ccc(N(C)Cc2ccc(CNC(C)C)s2)cc1. The molecule has 3 heteroatoms. The van der Waals surface area contributed by atoms with Crippen LogP contribution in [0.5, 0.6) is 0 Å². The monoisotopic (exact) mass is 288 g/mol. The lowest BCUT2D eigenvalue weighted by molar-refractivity contribution is 0.593. The minimum atomic E-state index is 0.538. The van der Waals surface area contributed by atoms with Crippen molar-refractivity contribution in [2.24, 2.45) is 0 Å². The fourth-order valence-corrected chi connectivity index (χ4v) is 3.05. The number of hydrogen-bond donors (Lipinski definition) is 1. The highest BCUT2D eigenvalue weighted by molar-refractivity contribution is 7.12. The number of benzene rings is 1. The molecule has 1 N–H and O–H groups in total. The summed E-state index contributed by atoms with van der Waals surface area (Å²) in [6.07, 6.45) is 0. The van der Waals surface area contributed by atoms with Crippen molar-refractivity contribution in [3.63, 3.8) is 0 Å². The molecule has 0 bridgehead atoms. The average Bonchev–Trinajstić information content (AvgIpc) is 2.84. The summed E-state index contributed by atoms with van der Waals surface area (Å²) in [6, 6.07) is 13.7. The molecule has 2 rings (SSSR count). The van der Waals surface area contributed by atoms with Gasteiger partial charge in [0.2, 0.25) is 0 Å². The molecule has 108 valence electrons. The van der Waals surface area contributed by atoms with Gasteiger partial charge in [-0.25, -0.2) is 0 Å². The Morgan fingerprint density at radius 3 is 2.35 bits per heavy atom. The zero-order valence-corrected chi connectivity index (χ0v) is 13.6. The van der Waals surface area contributed by atoms with E-state index in [1.165, 1.54) is 21.0 Å². The molecule has 2 aromatic rings. The summed E-state index contributed by atoms with van der Waals surface area (Å²) in [6.45, 7) is 8.42. The van der Waals surface area contributed by atoms with E-state index in [9.17, 15) is 0 Å². The van der Waals surface area contributed by atoms with E-state index in [0.717, 1.165) is 13.1 Å². The highest BCUT2D eigenvalue weighted by atomic mass is 32.1. The number of nitrogens with one attached hydrogen (secondary N) is 1. The first-order chi connectivity index (χ1) is 9.54. The fraction of sp³-hybridized carbons (Fsp3) is 0.412. The van der Waals surface area contributed by atoms with Crippen molar-refractivity contribution in [2.45, 2.75) is 39.9 Å². The van der Waals surface area contributed by atoms with Crippen LogP contribution in [-0.2, 0) is 13.1 Å². The molecule has 0 atom stereocenters. The minimum Gasteiger partial charge on any atom is -0.369 e. The summed E-state index contributed by atoms with van der Waals surface area (Å²) < 4.78 is 0. The molecule has 0 aliphatic carbocycles. The molecule has 0 aliphatic heterocycles. The second-order valence-corrected chi connectivity index (χ2v) is 6.85. The van der Waals surface area contributed by atoms with E-state index in [4.69, 9.17) is 0 Å². The standard InChI is InChI=1S/C17H24N2S/c1-13(2)18-11-16-9-10-17(20-16)12-19(4)15-7-5-14(3)6-8-15/h5-10,13,18H,11-12H2,1-4H3. The molecule has 1 heterocycles. The van der Waals surface area contributed by atoms with Crippen LogP contribution in [0.1, 0.15) is 29.2 Å². The largest absolute Gasteiger partial charge is 0.369 e. The molecule has 0 aliphatic rings. The molecule has 0 fully saturated rings. The normalized spacial score (nSPS) is 11.1. The first kappa shape index (κ1) is 15.1. The molecular formula is C17H24N2S. The van der Waals surface area contributed by atoms with Crippen molar-refractivity contribution in [1.29, 1.82) is 0 Å². The first-order valence-corrected chi connectivity index (χ1v) is 7.95. The molecule has 0 saturated carbocycles. The zero-order valence-electron chi connectivity index (χ0n) is 12.8.